The fourth-order valence-electron chi connectivity index (χ4n) is 2.17. The van der Waals surface area contributed by atoms with E-state index < -0.39 is 0 Å². The minimum atomic E-state index is -0.339. The maximum atomic E-state index is 12.0. The van der Waals surface area contributed by atoms with Crippen LogP contribution in [0.15, 0.2) is 59.9 Å². The van der Waals surface area contributed by atoms with Gasteiger partial charge in [0.2, 0.25) is 0 Å². The van der Waals surface area contributed by atoms with Crippen molar-refractivity contribution in [1.82, 2.24) is 25.1 Å². The van der Waals surface area contributed by atoms with E-state index in [2.05, 4.69) is 20.5 Å². The van der Waals surface area contributed by atoms with Crippen LogP contribution in [-0.4, -0.2) is 25.7 Å². The zero-order valence-electron chi connectivity index (χ0n) is 12.3. The summed E-state index contributed by atoms with van der Waals surface area (Å²) in [6.45, 7) is 1.11. The molecule has 7 nitrogen and oxygen atoms in total. The molecule has 1 amide bonds. The molecule has 116 valence electrons. The Hall–Kier alpha value is -3.22. The Bertz CT molecular complexity index is 834. The van der Waals surface area contributed by atoms with Crippen molar-refractivity contribution in [1.29, 1.82) is 0 Å². The molecule has 0 unspecified atom stereocenters. The molecule has 23 heavy (non-hydrogen) atoms. The number of carbonyl (C=O) groups is 1. The minimum Gasteiger partial charge on any atom is -0.347 e. The minimum absolute atomic E-state index is 0.180. The Morgan fingerprint density at radius 2 is 2.09 bits per heavy atom. The number of carbonyl (C=O) groups excluding carboxylic acids is 1. The van der Waals surface area contributed by atoms with Crippen LogP contribution >= 0.6 is 0 Å². The highest BCUT2D eigenvalue weighted by atomic mass is 16.2. The molecule has 0 saturated carbocycles. The summed E-state index contributed by atoms with van der Waals surface area (Å²) in [4.78, 5) is 26.9. The number of imidazole rings is 1. The van der Waals surface area contributed by atoms with Crippen LogP contribution in [0.3, 0.4) is 0 Å². The standard InChI is InChI=1S/C16H15N5O2/c22-15-5-4-14(19-20-15)16(23)18-9-12-2-1-3-13(8-12)10-21-7-6-17-11-21/h1-8,11H,9-10H2,(H,18,23)(H,20,22). The van der Waals surface area contributed by atoms with E-state index >= 15 is 0 Å². The zero-order valence-corrected chi connectivity index (χ0v) is 12.3. The van der Waals surface area contributed by atoms with E-state index in [9.17, 15) is 9.59 Å². The molecule has 0 aliphatic heterocycles. The summed E-state index contributed by atoms with van der Waals surface area (Å²) in [7, 11) is 0. The summed E-state index contributed by atoms with van der Waals surface area (Å²) >= 11 is 0. The maximum absolute atomic E-state index is 12.0. The first-order valence-corrected chi connectivity index (χ1v) is 7.08. The summed E-state index contributed by atoms with van der Waals surface area (Å²) in [6, 6.07) is 10.6. The first kappa shape index (κ1) is 14.7. The highest BCUT2D eigenvalue weighted by Gasteiger charge is 2.07. The van der Waals surface area contributed by atoms with E-state index in [-0.39, 0.29) is 17.2 Å². The first-order chi connectivity index (χ1) is 11.2. The third-order valence-electron chi connectivity index (χ3n) is 3.28. The van der Waals surface area contributed by atoms with Crippen molar-refractivity contribution in [2.45, 2.75) is 13.1 Å². The number of nitrogens with one attached hydrogen (secondary N) is 2. The second-order valence-electron chi connectivity index (χ2n) is 5.04. The van der Waals surface area contributed by atoms with Crippen LogP contribution in [0.25, 0.3) is 0 Å². The smallest absolute Gasteiger partial charge is 0.271 e. The third-order valence-corrected chi connectivity index (χ3v) is 3.28. The van der Waals surface area contributed by atoms with Gasteiger partial charge in [0.15, 0.2) is 0 Å². The number of hydrogen-bond acceptors (Lipinski definition) is 4. The molecule has 2 heterocycles. The average molecular weight is 309 g/mol. The molecule has 2 N–H and O–H groups in total. The molecular formula is C16H15N5O2. The fourth-order valence-corrected chi connectivity index (χ4v) is 2.17. The van der Waals surface area contributed by atoms with Gasteiger partial charge in [-0.15, -0.1) is 0 Å². The highest BCUT2D eigenvalue weighted by molar-refractivity contribution is 5.91. The topological polar surface area (TPSA) is 92.7 Å². The normalized spacial score (nSPS) is 10.4. The molecule has 1 aromatic carbocycles. The number of aromatic amines is 1. The number of hydrogen-bond donors (Lipinski definition) is 2. The molecule has 0 aliphatic rings. The van der Waals surface area contributed by atoms with Gasteiger partial charge in [-0.2, -0.15) is 5.10 Å². The van der Waals surface area contributed by atoms with E-state index in [0.29, 0.717) is 6.54 Å². The molecule has 0 atom stereocenters. The first-order valence-electron chi connectivity index (χ1n) is 7.08. The monoisotopic (exact) mass is 309 g/mol. The van der Waals surface area contributed by atoms with Crippen LogP contribution in [0, 0.1) is 0 Å². The summed E-state index contributed by atoms with van der Waals surface area (Å²) in [5, 5.41) is 8.71. The highest BCUT2D eigenvalue weighted by Crippen LogP contribution is 2.07. The van der Waals surface area contributed by atoms with Crippen molar-refractivity contribution in [3.8, 4) is 0 Å². The van der Waals surface area contributed by atoms with E-state index in [1.807, 2.05) is 35.0 Å². The van der Waals surface area contributed by atoms with Crippen LogP contribution in [0.4, 0.5) is 0 Å². The Labute approximate surface area is 132 Å². The van der Waals surface area contributed by atoms with Crippen molar-refractivity contribution in [2.24, 2.45) is 0 Å². The Kier molecular flexibility index (Phi) is 4.28. The van der Waals surface area contributed by atoms with Gasteiger partial charge in [-0.25, -0.2) is 10.1 Å². The van der Waals surface area contributed by atoms with Crippen LogP contribution in [0.5, 0.6) is 0 Å². The van der Waals surface area contributed by atoms with Gasteiger partial charge in [-0.3, -0.25) is 9.59 Å². The third kappa shape index (κ3) is 3.91. The second-order valence-corrected chi connectivity index (χ2v) is 5.04. The Balaban J connectivity index is 1.62. The molecule has 7 heteroatoms. The Morgan fingerprint density at radius 3 is 2.83 bits per heavy atom. The van der Waals surface area contributed by atoms with Gasteiger partial charge in [-0.05, 0) is 17.2 Å². The van der Waals surface area contributed by atoms with Crippen molar-refractivity contribution in [3.05, 3.63) is 82.3 Å². The SMILES string of the molecule is O=C(NCc1cccc(Cn2ccnc2)c1)c1ccc(=O)[nH]n1. The lowest BCUT2D eigenvalue weighted by atomic mass is 10.1. The number of amides is 1. The number of aromatic nitrogens is 4. The van der Waals surface area contributed by atoms with Gasteiger partial charge in [0.05, 0.1) is 6.33 Å². The van der Waals surface area contributed by atoms with Crippen molar-refractivity contribution >= 4 is 5.91 Å². The van der Waals surface area contributed by atoms with E-state index in [0.717, 1.165) is 17.7 Å². The summed E-state index contributed by atoms with van der Waals surface area (Å²) in [5.41, 5.74) is 1.95. The number of H-pyrrole nitrogens is 1. The molecule has 2 aromatic heterocycles. The van der Waals surface area contributed by atoms with Crippen LogP contribution in [-0.2, 0) is 13.1 Å². The average Bonchev–Trinajstić information content (AvgIpc) is 3.07. The molecule has 0 spiro atoms. The lowest BCUT2D eigenvalue weighted by Gasteiger charge is -2.07. The predicted molar refractivity (Wildman–Crippen MR) is 83.8 cm³/mol. The molecule has 3 rings (SSSR count). The lowest BCUT2D eigenvalue weighted by Crippen LogP contribution is -2.25. The van der Waals surface area contributed by atoms with Crippen LogP contribution < -0.4 is 10.9 Å². The van der Waals surface area contributed by atoms with Gasteiger partial charge in [-0.1, -0.05) is 24.3 Å². The largest absolute Gasteiger partial charge is 0.347 e. The predicted octanol–water partition coefficient (Wildman–Crippen LogP) is 0.945. The second kappa shape index (κ2) is 6.69. The Morgan fingerprint density at radius 1 is 1.22 bits per heavy atom. The molecule has 0 fully saturated rings. The molecule has 0 bridgehead atoms. The zero-order chi connectivity index (χ0) is 16.1. The summed E-state index contributed by atoms with van der Waals surface area (Å²) in [6.07, 6.45) is 5.40. The van der Waals surface area contributed by atoms with Gasteiger partial charge in [0.1, 0.15) is 5.69 Å². The maximum Gasteiger partial charge on any atom is 0.271 e. The van der Waals surface area contributed by atoms with Crippen LogP contribution in [0.1, 0.15) is 21.6 Å². The molecule has 0 aliphatic carbocycles. The molecular weight excluding hydrogens is 294 g/mol. The molecule has 3 aromatic rings. The summed E-state index contributed by atoms with van der Waals surface area (Å²) in [5.74, 6) is -0.332. The van der Waals surface area contributed by atoms with Crippen molar-refractivity contribution < 1.29 is 4.79 Å². The number of rotatable bonds is 5. The van der Waals surface area contributed by atoms with Gasteiger partial charge in [0.25, 0.3) is 11.5 Å². The number of nitrogens with zero attached hydrogens (tertiary/aromatic N) is 3. The van der Waals surface area contributed by atoms with Crippen molar-refractivity contribution in [3.63, 3.8) is 0 Å². The van der Waals surface area contributed by atoms with Crippen LogP contribution in [0.2, 0.25) is 0 Å². The van der Waals surface area contributed by atoms with Gasteiger partial charge < -0.3 is 9.88 Å². The van der Waals surface area contributed by atoms with Gasteiger partial charge in [0, 0.05) is 31.5 Å². The number of benzene rings is 1. The fraction of sp³-hybridized carbons (Fsp3) is 0.125. The van der Waals surface area contributed by atoms with E-state index in [1.54, 1.807) is 12.5 Å². The van der Waals surface area contributed by atoms with E-state index in [4.69, 9.17) is 0 Å². The lowest BCUT2D eigenvalue weighted by molar-refractivity contribution is 0.0945. The van der Waals surface area contributed by atoms with E-state index in [1.165, 1.54) is 12.1 Å². The summed E-state index contributed by atoms with van der Waals surface area (Å²) < 4.78 is 1.97. The van der Waals surface area contributed by atoms with Crippen molar-refractivity contribution in [2.75, 3.05) is 0 Å². The quantitative estimate of drug-likeness (QED) is 0.734. The van der Waals surface area contributed by atoms with Gasteiger partial charge >= 0.3 is 0 Å². The molecule has 0 saturated heterocycles. The molecule has 0 radical (unpaired) electrons.